The summed E-state index contributed by atoms with van der Waals surface area (Å²) in [6.45, 7) is 4.96. The fraction of sp³-hybridized carbons (Fsp3) is 0.429. The topological polar surface area (TPSA) is 71.9 Å². The van der Waals surface area contributed by atoms with Crippen molar-refractivity contribution in [2.45, 2.75) is 38.8 Å². The minimum Gasteiger partial charge on any atom is -0.472 e. The third kappa shape index (κ3) is 3.48. The van der Waals surface area contributed by atoms with E-state index in [4.69, 9.17) is 21.1 Å². The van der Waals surface area contributed by atoms with E-state index in [-0.39, 0.29) is 18.7 Å². The summed E-state index contributed by atoms with van der Waals surface area (Å²) in [5.74, 6) is 0.498. The van der Waals surface area contributed by atoms with E-state index < -0.39 is 6.10 Å². The van der Waals surface area contributed by atoms with E-state index in [1.54, 1.807) is 17.2 Å². The number of fused-ring (bicyclic) bond motifs is 1. The molecular weight excluding hydrogens is 380 g/mol. The van der Waals surface area contributed by atoms with Gasteiger partial charge in [0.15, 0.2) is 6.73 Å². The van der Waals surface area contributed by atoms with Crippen LogP contribution in [0.2, 0.25) is 5.15 Å². The van der Waals surface area contributed by atoms with Crippen molar-refractivity contribution in [3.63, 3.8) is 0 Å². The molecule has 0 spiro atoms. The molecule has 2 unspecified atom stereocenters. The highest BCUT2D eigenvalue weighted by Gasteiger charge is 2.37. The lowest BCUT2D eigenvalue weighted by atomic mass is 9.92. The van der Waals surface area contributed by atoms with Crippen molar-refractivity contribution in [2.24, 2.45) is 0 Å². The van der Waals surface area contributed by atoms with Crippen LogP contribution in [-0.2, 0) is 11.2 Å². The van der Waals surface area contributed by atoms with E-state index in [0.29, 0.717) is 42.5 Å². The number of carbonyl (C=O) groups excluding carboxylic acids is 1. The number of ether oxygens (including phenoxy) is 2. The molecule has 0 radical (unpaired) electrons. The zero-order valence-corrected chi connectivity index (χ0v) is 16.7. The molecule has 0 aliphatic carbocycles. The first-order valence-electron chi connectivity index (χ1n) is 9.38. The molecule has 148 valence electrons. The summed E-state index contributed by atoms with van der Waals surface area (Å²) in [4.78, 5) is 18.9. The molecule has 2 atom stereocenters. The highest BCUT2D eigenvalue weighted by Crippen LogP contribution is 2.35. The molecule has 1 saturated heterocycles. The molecule has 3 heterocycles. The van der Waals surface area contributed by atoms with Crippen molar-refractivity contribution in [2.75, 3.05) is 19.9 Å². The summed E-state index contributed by atoms with van der Waals surface area (Å²) in [6.07, 6.45) is 2.31. The Kier molecular flexibility index (Phi) is 5.27. The zero-order chi connectivity index (χ0) is 19.8. The van der Waals surface area contributed by atoms with Crippen molar-refractivity contribution in [1.29, 1.82) is 0 Å². The van der Waals surface area contributed by atoms with Crippen LogP contribution in [0.25, 0.3) is 0 Å². The number of nitrogens with zero attached hydrogens (tertiary/aromatic N) is 2. The third-order valence-corrected chi connectivity index (χ3v) is 5.89. The predicted molar refractivity (Wildman–Crippen MR) is 105 cm³/mol. The number of hydrogen-bond donors (Lipinski definition) is 1. The van der Waals surface area contributed by atoms with Crippen LogP contribution in [0.15, 0.2) is 24.4 Å². The van der Waals surface area contributed by atoms with Gasteiger partial charge in [-0.25, -0.2) is 4.98 Å². The van der Waals surface area contributed by atoms with Gasteiger partial charge in [0.2, 0.25) is 0 Å². The molecule has 0 bridgehead atoms. The van der Waals surface area contributed by atoms with E-state index in [9.17, 15) is 9.90 Å². The Hall–Kier alpha value is -2.15. The first-order chi connectivity index (χ1) is 13.5. The molecule has 1 amide bonds. The van der Waals surface area contributed by atoms with Gasteiger partial charge < -0.3 is 14.6 Å². The first kappa shape index (κ1) is 19.2. The number of pyridine rings is 1. The number of rotatable bonds is 3. The fourth-order valence-electron chi connectivity index (χ4n) is 3.82. The van der Waals surface area contributed by atoms with Gasteiger partial charge in [0.25, 0.3) is 5.91 Å². The summed E-state index contributed by atoms with van der Waals surface area (Å²) in [7, 11) is 0. The van der Waals surface area contributed by atoms with Crippen molar-refractivity contribution in [3.8, 4) is 5.75 Å². The van der Waals surface area contributed by atoms with Gasteiger partial charge in [-0.05, 0) is 61.1 Å². The van der Waals surface area contributed by atoms with Gasteiger partial charge in [-0.3, -0.25) is 9.69 Å². The Labute approximate surface area is 169 Å². The molecule has 1 aromatic heterocycles. The lowest BCUT2D eigenvalue weighted by molar-refractivity contribution is -0.0697. The van der Waals surface area contributed by atoms with Crippen LogP contribution in [0.5, 0.6) is 5.75 Å². The number of aliphatic hydroxyl groups is 1. The Morgan fingerprint density at radius 3 is 2.86 bits per heavy atom. The van der Waals surface area contributed by atoms with E-state index in [0.717, 1.165) is 22.3 Å². The molecular formula is C21H23ClN2O4. The van der Waals surface area contributed by atoms with E-state index in [1.165, 1.54) is 0 Å². The van der Waals surface area contributed by atoms with Gasteiger partial charge in [0.05, 0.1) is 24.3 Å². The Morgan fingerprint density at radius 1 is 1.32 bits per heavy atom. The second-order valence-electron chi connectivity index (χ2n) is 7.37. The molecule has 1 N–H and O–H groups in total. The van der Waals surface area contributed by atoms with E-state index >= 15 is 0 Å². The van der Waals surface area contributed by atoms with E-state index in [2.05, 4.69) is 4.98 Å². The lowest BCUT2D eigenvalue weighted by Crippen LogP contribution is -2.55. The maximum atomic E-state index is 13.2. The van der Waals surface area contributed by atoms with Gasteiger partial charge in [-0.1, -0.05) is 17.7 Å². The largest absolute Gasteiger partial charge is 0.472 e. The fourth-order valence-corrected chi connectivity index (χ4v) is 3.94. The Bertz CT molecular complexity index is 900. The molecule has 1 fully saturated rings. The van der Waals surface area contributed by atoms with Gasteiger partial charge in [0, 0.05) is 12.8 Å². The molecule has 4 rings (SSSR count). The van der Waals surface area contributed by atoms with Crippen LogP contribution in [0.1, 0.15) is 39.0 Å². The van der Waals surface area contributed by atoms with Crippen LogP contribution in [0.3, 0.4) is 0 Å². The summed E-state index contributed by atoms with van der Waals surface area (Å²) >= 11 is 5.88. The molecule has 28 heavy (non-hydrogen) atoms. The van der Waals surface area contributed by atoms with Gasteiger partial charge in [-0.15, -0.1) is 0 Å². The van der Waals surface area contributed by atoms with Crippen molar-refractivity contribution in [3.05, 3.63) is 57.4 Å². The average molecular weight is 403 g/mol. The Balaban J connectivity index is 1.67. The van der Waals surface area contributed by atoms with Gasteiger partial charge in [-0.2, -0.15) is 0 Å². The monoisotopic (exact) mass is 402 g/mol. The maximum Gasteiger partial charge on any atom is 0.260 e. The normalized spacial score (nSPS) is 22.0. The number of hydrogen-bond acceptors (Lipinski definition) is 5. The van der Waals surface area contributed by atoms with Crippen LogP contribution in [0, 0.1) is 13.8 Å². The number of carbonyl (C=O) groups is 1. The molecule has 2 aliphatic rings. The number of amides is 1. The molecule has 2 aromatic rings. The van der Waals surface area contributed by atoms with Gasteiger partial charge in [0.1, 0.15) is 10.9 Å². The van der Waals surface area contributed by atoms with Crippen LogP contribution in [0.4, 0.5) is 0 Å². The molecule has 2 aliphatic heterocycles. The third-order valence-electron chi connectivity index (χ3n) is 5.66. The smallest absolute Gasteiger partial charge is 0.260 e. The predicted octanol–water partition coefficient (Wildman–Crippen LogP) is 2.88. The second kappa shape index (κ2) is 7.70. The quantitative estimate of drug-likeness (QED) is 0.799. The zero-order valence-electron chi connectivity index (χ0n) is 15.9. The summed E-state index contributed by atoms with van der Waals surface area (Å²) in [5, 5.41) is 10.8. The standard InChI is InChI=1S/C21H23ClN2O4/c1-12-13(2)20-16(8-15(12)7-14-3-4-19(22)23-9-14)21(26)24(11-28-20)17-10-27-6-5-18(17)25/h3-4,8-9,17-18,25H,5-7,10-11H2,1-2H3. The highest BCUT2D eigenvalue weighted by molar-refractivity contribution is 6.29. The van der Waals surface area contributed by atoms with Crippen molar-refractivity contribution in [1.82, 2.24) is 9.88 Å². The lowest BCUT2D eigenvalue weighted by Gasteiger charge is -2.40. The van der Waals surface area contributed by atoms with Crippen LogP contribution in [-0.4, -0.2) is 53.0 Å². The maximum absolute atomic E-state index is 13.2. The molecule has 7 heteroatoms. The molecule has 0 saturated carbocycles. The number of aliphatic hydroxyl groups excluding tert-OH is 1. The minimum absolute atomic E-state index is 0.123. The van der Waals surface area contributed by atoms with Crippen molar-refractivity contribution < 1.29 is 19.4 Å². The summed E-state index contributed by atoms with van der Waals surface area (Å²) in [6, 6.07) is 5.21. The number of benzene rings is 1. The Morgan fingerprint density at radius 2 is 2.14 bits per heavy atom. The molecule has 1 aromatic carbocycles. The second-order valence-corrected chi connectivity index (χ2v) is 7.76. The van der Waals surface area contributed by atoms with Gasteiger partial charge >= 0.3 is 0 Å². The number of halogens is 1. The van der Waals surface area contributed by atoms with Crippen LogP contribution < -0.4 is 4.74 Å². The van der Waals surface area contributed by atoms with Crippen LogP contribution >= 0.6 is 11.6 Å². The average Bonchev–Trinajstić information content (AvgIpc) is 2.69. The first-order valence-corrected chi connectivity index (χ1v) is 9.76. The summed E-state index contributed by atoms with van der Waals surface area (Å²) in [5.41, 5.74) is 4.64. The van der Waals surface area contributed by atoms with Crippen molar-refractivity contribution >= 4 is 17.5 Å². The SMILES string of the molecule is Cc1c(Cc2ccc(Cl)nc2)cc2c(c1C)OCN(C1COCCC1O)C2=O. The number of aromatic nitrogens is 1. The molecule has 6 nitrogen and oxygen atoms in total. The highest BCUT2D eigenvalue weighted by atomic mass is 35.5. The van der Waals surface area contributed by atoms with E-state index in [1.807, 2.05) is 26.0 Å². The minimum atomic E-state index is -0.603. The summed E-state index contributed by atoms with van der Waals surface area (Å²) < 4.78 is 11.4.